The molecule has 0 saturated heterocycles. The van der Waals surface area contributed by atoms with Gasteiger partial charge in [0.25, 0.3) is 5.56 Å². The van der Waals surface area contributed by atoms with Crippen molar-refractivity contribution in [2.24, 2.45) is 7.05 Å². The van der Waals surface area contributed by atoms with Crippen molar-refractivity contribution < 1.29 is 0 Å². The molecule has 2 rings (SSSR count). The summed E-state index contributed by atoms with van der Waals surface area (Å²) in [6, 6.07) is 0. The van der Waals surface area contributed by atoms with Crippen LogP contribution >= 0.6 is 11.6 Å². The first-order valence-corrected chi connectivity index (χ1v) is 6.26. The average Bonchev–Trinajstić information content (AvgIpc) is 2.75. The predicted octanol–water partition coefficient (Wildman–Crippen LogP) is 0.124. The molecule has 102 valence electrons. The van der Waals surface area contributed by atoms with Gasteiger partial charge >= 0.3 is 5.69 Å². The smallest absolute Gasteiger partial charge is 0.321 e. The second-order valence-electron chi connectivity index (χ2n) is 4.14. The molecule has 0 atom stereocenters. The zero-order valence-corrected chi connectivity index (χ0v) is 11.4. The van der Waals surface area contributed by atoms with Crippen molar-refractivity contribution in [1.82, 2.24) is 24.3 Å². The van der Waals surface area contributed by atoms with Crippen molar-refractivity contribution in [2.75, 3.05) is 0 Å². The lowest BCUT2D eigenvalue weighted by Crippen LogP contribution is -2.38. The van der Waals surface area contributed by atoms with Crippen LogP contribution in [0.4, 0.5) is 0 Å². The monoisotopic (exact) mass is 283 g/mol. The summed E-state index contributed by atoms with van der Waals surface area (Å²) >= 11 is 5.84. The fourth-order valence-electron chi connectivity index (χ4n) is 1.84. The molecule has 0 aromatic carbocycles. The van der Waals surface area contributed by atoms with Gasteiger partial charge in [-0.2, -0.15) is 0 Å². The number of aromatic nitrogens is 5. The molecular formula is C11H14ClN5O2. The Morgan fingerprint density at radius 3 is 2.74 bits per heavy atom. The third-order valence-corrected chi connectivity index (χ3v) is 3.27. The Morgan fingerprint density at radius 2 is 2.16 bits per heavy atom. The van der Waals surface area contributed by atoms with E-state index in [0.717, 1.165) is 4.57 Å². The Labute approximate surface area is 113 Å². The van der Waals surface area contributed by atoms with Crippen LogP contribution in [-0.2, 0) is 26.4 Å². The largest absolute Gasteiger partial charge is 0.329 e. The molecule has 0 spiro atoms. The minimum atomic E-state index is -0.505. The molecule has 0 radical (unpaired) electrons. The van der Waals surface area contributed by atoms with Crippen molar-refractivity contribution >= 4 is 11.6 Å². The van der Waals surface area contributed by atoms with Crippen LogP contribution in [0.1, 0.15) is 18.3 Å². The molecule has 1 N–H and O–H groups in total. The summed E-state index contributed by atoms with van der Waals surface area (Å²) in [6.45, 7) is 2.05. The lowest BCUT2D eigenvalue weighted by atomic mass is 10.2. The Balaban J connectivity index is 2.33. The van der Waals surface area contributed by atoms with Gasteiger partial charge in [0.1, 0.15) is 17.3 Å². The molecule has 2 aromatic rings. The van der Waals surface area contributed by atoms with Gasteiger partial charge in [0, 0.05) is 20.0 Å². The van der Waals surface area contributed by atoms with Gasteiger partial charge in [-0.05, 0) is 6.42 Å². The third-order valence-electron chi connectivity index (χ3n) is 2.95. The fraction of sp³-hybridized carbons (Fsp3) is 0.455. The number of hydrogen-bond donors (Lipinski definition) is 1. The van der Waals surface area contributed by atoms with Crippen LogP contribution < -0.4 is 11.2 Å². The highest BCUT2D eigenvalue weighted by Gasteiger charge is 2.11. The van der Waals surface area contributed by atoms with Crippen molar-refractivity contribution in [3.05, 3.63) is 43.7 Å². The van der Waals surface area contributed by atoms with E-state index in [-0.39, 0.29) is 17.3 Å². The summed E-state index contributed by atoms with van der Waals surface area (Å²) in [7, 11) is 1.81. The molecule has 7 nitrogen and oxygen atoms in total. The zero-order valence-electron chi connectivity index (χ0n) is 10.7. The lowest BCUT2D eigenvalue weighted by molar-refractivity contribution is 0.594. The number of nitrogens with one attached hydrogen (secondary N) is 1. The molecule has 2 aromatic heterocycles. The number of rotatable bonds is 4. The molecule has 0 saturated carbocycles. The third kappa shape index (κ3) is 2.60. The lowest BCUT2D eigenvalue weighted by Gasteiger charge is -2.07. The molecule has 0 aliphatic heterocycles. The molecule has 19 heavy (non-hydrogen) atoms. The topological polar surface area (TPSA) is 85.6 Å². The Bertz CT molecular complexity index is 700. The molecule has 2 heterocycles. The van der Waals surface area contributed by atoms with E-state index in [4.69, 9.17) is 11.6 Å². The highest BCUT2D eigenvalue weighted by molar-refractivity contribution is 6.30. The predicted molar refractivity (Wildman–Crippen MR) is 70.4 cm³/mol. The van der Waals surface area contributed by atoms with Gasteiger partial charge in [-0.3, -0.25) is 14.3 Å². The molecule has 0 aliphatic carbocycles. The van der Waals surface area contributed by atoms with Crippen molar-refractivity contribution in [1.29, 1.82) is 0 Å². The number of aromatic amines is 1. The van der Waals surface area contributed by atoms with Crippen LogP contribution in [0.2, 0.25) is 5.15 Å². The van der Waals surface area contributed by atoms with E-state index in [0.29, 0.717) is 24.2 Å². The summed E-state index contributed by atoms with van der Waals surface area (Å²) in [6.07, 6.45) is 2.49. The molecule has 0 amide bonds. The standard InChI is InChI=1S/C11H14ClN5O2/c1-3-7-9(12)14-11(19)17(10(7)18)5-4-8-15-13-6-16(8)2/h6H,3-5H2,1-2H3,(H,14,19). The van der Waals surface area contributed by atoms with E-state index in [9.17, 15) is 9.59 Å². The molecule has 0 aliphatic rings. The Kier molecular flexibility index (Phi) is 3.84. The van der Waals surface area contributed by atoms with Crippen molar-refractivity contribution in [3.8, 4) is 0 Å². The number of hydrogen-bond acceptors (Lipinski definition) is 4. The maximum absolute atomic E-state index is 12.1. The quantitative estimate of drug-likeness (QED) is 0.808. The maximum atomic E-state index is 12.1. The van der Waals surface area contributed by atoms with E-state index >= 15 is 0 Å². The van der Waals surface area contributed by atoms with E-state index < -0.39 is 5.69 Å². The number of halogens is 1. The molecule has 0 unspecified atom stereocenters. The molecular weight excluding hydrogens is 270 g/mol. The number of nitrogens with zero attached hydrogens (tertiary/aromatic N) is 4. The minimum absolute atomic E-state index is 0.118. The van der Waals surface area contributed by atoms with Crippen LogP contribution in [0, 0.1) is 0 Å². The maximum Gasteiger partial charge on any atom is 0.329 e. The first-order valence-electron chi connectivity index (χ1n) is 5.89. The van der Waals surface area contributed by atoms with Gasteiger partial charge in [0.2, 0.25) is 0 Å². The second-order valence-corrected chi connectivity index (χ2v) is 4.52. The first kappa shape index (κ1) is 13.5. The van der Waals surface area contributed by atoms with E-state index in [2.05, 4.69) is 15.2 Å². The van der Waals surface area contributed by atoms with Gasteiger partial charge in [-0.1, -0.05) is 18.5 Å². The van der Waals surface area contributed by atoms with E-state index in [1.54, 1.807) is 10.9 Å². The first-order chi connectivity index (χ1) is 9.04. The van der Waals surface area contributed by atoms with Crippen molar-refractivity contribution in [3.63, 3.8) is 0 Å². The zero-order chi connectivity index (χ0) is 14.0. The second kappa shape index (κ2) is 5.40. The van der Waals surface area contributed by atoms with Gasteiger partial charge in [-0.15, -0.1) is 10.2 Å². The van der Waals surface area contributed by atoms with Crippen LogP contribution in [0.25, 0.3) is 0 Å². The van der Waals surface area contributed by atoms with Gasteiger partial charge in [0.05, 0.1) is 5.56 Å². The van der Waals surface area contributed by atoms with Crippen LogP contribution in [0.15, 0.2) is 15.9 Å². The van der Waals surface area contributed by atoms with E-state index in [1.165, 1.54) is 0 Å². The Morgan fingerprint density at radius 1 is 1.42 bits per heavy atom. The van der Waals surface area contributed by atoms with Crippen LogP contribution in [0.5, 0.6) is 0 Å². The Hall–Kier alpha value is -1.89. The van der Waals surface area contributed by atoms with Gasteiger partial charge < -0.3 is 4.57 Å². The number of aryl methyl sites for hydroxylation is 2. The minimum Gasteiger partial charge on any atom is -0.321 e. The number of H-pyrrole nitrogens is 1. The van der Waals surface area contributed by atoms with Gasteiger partial charge in [-0.25, -0.2) is 4.79 Å². The summed E-state index contributed by atoms with van der Waals surface area (Å²) < 4.78 is 2.88. The summed E-state index contributed by atoms with van der Waals surface area (Å²) in [5.41, 5.74) is -0.438. The van der Waals surface area contributed by atoms with Crippen molar-refractivity contribution in [2.45, 2.75) is 26.3 Å². The molecule has 0 fully saturated rings. The van der Waals surface area contributed by atoms with Crippen LogP contribution in [-0.4, -0.2) is 24.3 Å². The average molecular weight is 284 g/mol. The summed E-state index contributed by atoms with van der Waals surface area (Å²) in [4.78, 5) is 26.3. The highest BCUT2D eigenvalue weighted by Crippen LogP contribution is 2.06. The van der Waals surface area contributed by atoms with E-state index in [1.807, 2.05) is 14.0 Å². The van der Waals surface area contributed by atoms with Crippen LogP contribution in [0.3, 0.4) is 0 Å². The molecule has 0 bridgehead atoms. The summed E-state index contributed by atoms with van der Waals surface area (Å²) in [5.74, 6) is 0.708. The highest BCUT2D eigenvalue weighted by atomic mass is 35.5. The fourth-order valence-corrected chi connectivity index (χ4v) is 2.14. The molecule has 8 heteroatoms. The summed E-state index contributed by atoms with van der Waals surface area (Å²) in [5, 5.41) is 7.77. The normalized spacial score (nSPS) is 10.9. The van der Waals surface area contributed by atoms with Gasteiger partial charge in [0.15, 0.2) is 0 Å². The SMILES string of the molecule is CCc1c(Cl)[nH]c(=O)n(CCc2nncn2C)c1=O.